The number of carbonyl (C=O) groups is 1. The summed E-state index contributed by atoms with van der Waals surface area (Å²) < 4.78 is 1.74. The van der Waals surface area contributed by atoms with Crippen LogP contribution in [0.15, 0.2) is 6.33 Å². The SMILES string of the molecule is Cc1nc2ncnn2c(C)c1CCC(=O)NC1CCCCC1. The Labute approximate surface area is 130 Å². The number of aromatic nitrogens is 4. The van der Waals surface area contributed by atoms with E-state index in [1.54, 1.807) is 4.52 Å². The zero-order valence-electron chi connectivity index (χ0n) is 13.3. The summed E-state index contributed by atoms with van der Waals surface area (Å²) in [5, 5.41) is 7.35. The summed E-state index contributed by atoms with van der Waals surface area (Å²) in [5.41, 5.74) is 3.05. The van der Waals surface area contributed by atoms with Gasteiger partial charge < -0.3 is 5.32 Å². The van der Waals surface area contributed by atoms with Gasteiger partial charge in [-0.05, 0) is 38.7 Å². The minimum Gasteiger partial charge on any atom is -0.353 e. The molecule has 0 unspecified atom stereocenters. The van der Waals surface area contributed by atoms with E-state index >= 15 is 0 Å². The largest absolute Gasteiger partial charge is 0.353 e. The molecule has 2 aromatic rings. The summed E-state index contributed by atoms with van der Waals surface area (Å²) in [7, 11) is 0. The molecule has 1 aliphatic rings. The van der Waals surface area contributed by atoms with E-state index in [1.165, 1.54) is 25.6 Å². The molecule has 6 nitrogen and oxygen atoms in total. The Bertz CT molecular complexity index is 672. The third-order valence-electron chi connectivity index (χ3n) is 4.56. The van der Waals surface area contributed by atoms with E-state index in [9.17, 15) is 4.79 Å². The maximum absolute atomic E-state index is 12.2. The lowest BCUT2D eigenvalue weighted by Crippen LogP contribution is -2.36. The summed E-state index contributed by atoms with van der Waals surface area (Å²) in [6.07, 6.45) is 8.71. The van der Waals surface area contributed by atoms with E-state index in [0.29, 0.717) is 24.7 Å². The molecule has 2 aromatic heterocycles. The molecule has 1 fully saturated rings. The second-order valence-corrected chi connectivity index (χ2v) is 6.14. The van der Waals surface area contributed by atoms with Gasteiger partial charge in [-0.3, -0.25) is 4.79 Å². The van der Waals surface area contributed by atoms with Crippen molar-refractivity contribution < 1.29 is 4.79 Å². The highest BCUT2D eigenvalue weighted by molar-refractivity contribution is 5.76. The molecule has 0 radical (unpaired) electrons. The van der Waals surface area contributed by atoms with E-state index in [1.807, 2.05) is 13.8 Å². The molecule has 3 rings (SSSR count). The van der Waals surface area contributed by atoms with Crippen LogP contribution in [-0.2, 0) is 11.2 Å². The predicted molar refractivity (Wildman–Crippen MR) is 83.6 cm³/mol. The Morgan fingerprint density at radius 2 is 2.09 bits per heavy atom. The molecular weight excluding hydrogens is 278 g/mol. The van der Waals surface area contributed by atoms with Crippen LogP contribution in [0.3, 0.4) is 0 Å². The number of fused-ring (bicyclic) bond motifs is 1. The van der Waals surface area contributed by atoms with Gasteiger partial charge in [-0.25, -0.2) is 9.50 Å². The Balaban J connectivity index is 1.64. The zero-order valence-corrected chi connectivity index (χ0v) is 13.3. The van der Waals surface area contributed by atoms with Crippen molar-refractivity contribution in [3.63, 3.8) is 0 Å². The fourth-order valence-corrected chi connectivity index (χ4v) is 3.30. The average molecular weight is 301 g/mol. The van der Waals surface area contributed by atoms with Gasteiger partial charge in [0.2, 0.25) is 5.91 Å². The Morgan fingerprint density at radius 3 is 2.86 bits per heavy atom. The molecule has 0 atom stereocenters. The van der Waals surface area contributed by atoms with Crippen molar-refractivity contribution in [2.75, 3.05) is 0 Å². The number of hydrogen-bond acceptors (Lipinski definition) is 4. The highest BCUT2D eigenvalue weighted by atomic mass is 16.1. The quantitative estimate of drug-likeness (QED) is 0.939. The second-order valence-electron chi connectivity index (χ2n) is 6.14. The van der Waals surface area contributed by atoms with Crippen molar-refractivity contribution in [3.8, 4) is 0 Å². The van der Waals surface area contributed by atoms with Crippen LogP contribution in [0.2, 0.25) is 0 Å². The lowest BCUT2D eigenvalue weighted by Gasteiger charge is -2.22. The number of rotatable bonds is 4. The van der Waals surface area contributed by atoms with Gasteiger partial charge in [0.25, 0.3) is 5.78 Å². The maximum atomic E-state index is 12.2. The monoisotopic (exact) mass is 301 g/mol. The van der Waals surface area contributed by atoms with Gasteiger partial charge >= 0.3 is 0 Å². The van der Waals surface area contributed by atoms with Crippen LogP contribution < -0.4 is 5.32 Å². The minimum absolute atomic E-state index is 0.143. The smallest absolute Gasteiger partial charge is 0.252 e. The van der Waals surface area contributed by atoms with E-state index in [0.717, 1.165) is 29.8 Å². The lowest BCUT2D eigenvalue weighted by molar-refractivity contribution is -0.121. The standard InChI is InChI=1S/C16H23N5O/c1-11-14(12(2)21-16(19-11)17-10-18-21)8-9-15(22)20-13-6-4-3-5-7-13/h10,13H,3-9H2,1-2H3,(H,20,22). The number of amides is 1. The van der Waals surface area contributed by atoms with E-state index in [2.05, 4.69) is 20.4 Å². The number of nitrogens with zero attached hydrogens (tertiary/aromatic N) is 4. The molecule has 118 valence electrons. The number of nitrogens with one attached hydrogen (secondary N) is 1. The van der Waals surface area contributed by atoms with Crippen molar-refractivity contribution in [2.45, 2.75) is 64.8 Å². The number of carbonyl (C=O) groups excluding carboxylic acids is 1. The second kappa shape index (κ2) is 6.42. The number of hydrogen-bond donors (Lipinski definition) is 1. The fraction of sp³-hybridized carbons (Fsp3) is 0.625. The van der Waals surface area contributed by atoms with Crippen molar-refractivity contribution in [2.24, 2.45) is 0 Å². The minimum atomic E-state index is 0.143. The molecule has 2 heterocycles. The molecule has 22 heavy (non-hydrogen) atoms. The molecule has 0 bridgehead atoms. The van der Waals surface area contributed by atoms with Gasteiger partial charge in [0, 0.05) is 23.9 Å². The molecule has 6 heteroatoms. The molecular formula is C16H23N5O. The molecule has 0 aromatic carbocycles. The summed E-state index contributed by atoms with van der Waals surface area (Å²) >= 11 is 0. The fourth-order valence-electron chi connectivity index (χ4n) is 3.30. The third-order valence-corrected chi connectivity index (χ3v) is 4.56. The Morgan fingerprint density at radius 1 is 1.32 bits per heavy atom. The highest BCUT2D eigenvalue weighted by Crippen LogP contribution is 2.18. The summed E-state index contributed by atoms with van der Waals surface area (Å²) in [4.78, 5) is 20.7. The lowest BCUT2D eigenvalue weighted by atomic mass is 9.95. The Hall–Kier alpha value is -1.98. The first kappa shape index (κ1) is 14.9. The van der Waals surface area contributed by atoms with Crippen molar-refractivity contribution in [1.82, 2.24) is 24.9 Å². The molecule has 0 saturated heterocycles. The average Bonchev–Trinajstić information content (AvgIpc) is 2.96. The van der Waals surface area contributed by atoms with Gasteiger partial charge in [0.1, 0.15) is 6.33 Å². The van der Waals surface area contributed by atoms with E-state index < -0.39 is 0 Å². The van der Waals surface area contributed by atoms with Crippen LogP contribution in [0.1, 0.15) is 55.5 Å². The Kier molecular flexibility index (Phi) is 4.36. The van der Waals surface area contributed by atoms with Gasteiger partial charge in [-0.15, -0.1) is 0 Å². The van der Waals surface area contributed by atoms with Crippen molar-refractivity contribution >= 4 is 11.7 Å². The normalized spacial score (nSPS) is 16.1. The number of aryl methyl sites for hydroxylation is 2. The third kappa shape index (κ3) is 3.10. The van der Waals surface area contributed by atoms with Crippen molar-refractivity contribution in [1.29, 1.82) is 0 Å². The van der Waals surface area contributed by atoms with Gasteiger partial charge in [-0.2, -0.15) is 10.1 Å². The van der Waals surface area contributed by atoms with E-state index in [4.69, 9.17) is 0 Å². The van der Waals surface area contributed by atoms with Crippen LogP contribution in [0.5, 0.6) is 0 Å². The highest BCUT2D eigenvalue weighted by Gasteiger charge is 2.17. The van der Waals surface area contributed by atoms with Crippen LogP contribution in [0.25, 0.3) is 5.78 Å². The topological polar surface area (TPSA) is 72.2 Å². The summed E-state index contributed by atoms with van der Waals surface area (Å²) in [6, 6.07) is 0.374. The molecule has 1 amide bonds. The van der Waals surface area contributed by atoms with Gasteiger partial charge in [-0.1, -0.05) is 19.3 Å². The predicted octanol–water partition coefficient (Wildman–Crippen LogP) is 2.12. The molecule has 0 aliphatic heterocycles. The molecule has 1 N–H and O–H groups in total. The molecule has 0 spiro atoms. The van der Waals surface area contributed by atoms with Gasteiger partial charge in [0.15, 0.2) is 0 Å². The summed E-state index contributed by atoms with van der Waals surface area (Å²) in [5.74, 6) is 0.759. The van der Waals surface area contributed by atoms with Crippen LogP contribution >= 0.6 is 0 Å². The maximum Gasteiger partial charge on any atom is 0.252 e. The van der Waals surface area contributed by atoms with E-state index in [-0.39, 0.29) is 5.91 Å². The first-order valence-corrected chi connectivity index (χ1v) is 8.10. The van der Waals surface area contributed by atoms with Crippen molar-refractivity contribution in [3.05, 3.63) is 23.3 Å². The first-order chi connectivity index (χ1) is 10.6. The molecule has 1 aliphatic carbocycles. The van der Waals surface area contributed by atoms with Crippen LogP contribution in [0, 0.1) is 13.8 Å². The van der Waals surface area contributed by atoms with Crippen LogP contribution in [-0.4, -0.2) is 31.5 Å². The van der Waals surface area contributed by atoms with Crippen LogP contribution in [0.4, 0.5) is 0 Å². The molecule has 1 saturated carbocycles. The summed E-state index contributed by atoms with van der Waals surface area (Å²) in [6.45, 7) is 3.97. The zero-order chi connectivity index (χ0) is 15.5. The first-order valence-electron chi connectivity index (χ1n) is 8.10. The van der Waals surface area contributed by atoms with Gasteiger partial charge in [0.05, 0.1) is 0 Å².